The molecule has 0 unspecified atom stereocenters. The summed E-state index contributed by atoms with van der Waals surface area (Å²) in [6.45, 7) is 12.0. The fourth-order valence-corrected chi connectivity index (χ4v) is 6.42. The first-order valence-electron chi connectivity index (χ1n) is 12.8. The molecule has 3 rings (SSSR count). The highest BCUT2D eigenvalue weighted by atomic mass is 16.6. The average molecular weight is 535 g/mol. The normalized spacial score (nSPS) is 35.8. The summed E-state index contributed by atoms with van der Waals surface area (Å²) in [6.07, 6.45) is -3.22. The van der Waals surface area contributed by atoms with Gasteiger partial charge in [-0.15, -0.1) is 0 Å². The number of fused-ring (bicyclic) bond motifs is 4. The van der Waals surface area contributed by atoms with Crippen molar-refractivity contribution in [3.63, 3.8) is 0 Å². The molecule has 0 radical (unpaired) electrons. The van der Waals surface area contributed by atoms with Gasteiger partial charge in [0.15, 0.2) is 11.9 Å². The van der Waals surface area contributed by atoms with Crippen LogP contribution in [0.15, 0.2) is 22.8 Å². The lowest BCUT2D eigenvalue weighted by Crippen LogP contribution is -2.57. The average Bonchev–Trinajstić information content (AvgIpc) is 2.75. The third-order valence-corrected chi connectivity index (χ3v) is 8.18. The van der Waals surface area contributed by atoms with Crippen LogP contribution in [-0.4, -0.2) is 65.3 Å². The number of carbonyl (C=O) groups is 5. The third kappa shape index (κ3) is 5.55. The molecule has 0 saturated heterocycles. The molecule has 0 aromatic heterocycles. The molecule has 38 heavy (non-hydrogen) atoms. The van der Waals surface area contributed by atoms with E-state index in [9.17, 15) is 29.1 Å². The van der Waals surface area contributed by atoms with Gasteiger partial charge >= 0.3 is 23.9 Å². The number of esters is 4. The second kappa shape index (κ2) is 10.6. The number of aliphatic hydroxyl groups is 1. The van der Waals surface area contributed by atoms with Gasteiger partial charge in [0, 0.05) is 40.0 Å². The van der Waals surface area contributed by atoms with Crippen molar-refractivity contribution in [1.82, 2.24) is 0 Å². The van der Waals surface area contributed by atoms with Crippen molar-refractivity contribution >= 4 is 29.7 Å². The summed E-state index contributed by atoms with van der Waals surface area (Å²) in [5.74, 6) is -3.39. The van der Waals surface area contributed by atoms with Crippen molar-refractivity contribution in [3.05, 3.63) is 22.8 Å². The lowest BCUT2D eigenvalue weighted by atomic mass is 9.57. The van der Waals surface area contributed by atoms with E-state index >= 15 is 0 Å². The van der Waals surface area contributed by atoms with Crippen molar-refractivity contribution < 1.29 is 48.0 Å². The summed E-state index contributed by atoms with van der Waals surface area (Å²) in [4.78, 5) is 63.0. The minimum Gasteiger partial charge on any atom is -0.461 e. The zero-order valence-electron chi connectivity index (χ0n) is 23.3. The highest BCUT2D eigenvalue weighted by Gasteiger charge is 2.58. The predicted octanol–water partition coefficient (Wildman–Crippen LogP) is 2.75. The van der Waals surface area contributed by atoms with Gasteiger partial charge in [-0.2, -0.15) is 0 Å². The summed E-state index contributed by atoms with van der Waals surface area (Å²) in [6, 6.07) is 0. The summed E-state index contributed by atoms with van der Waals surface area (Å²) in [5.41, 5.74) is -0.814. The molecule has 10 heteroatoms. The second-order valence-corrected chi connectivity index (χ2v) is 11.4. The van der Waals surface area contributed by atoms with Crippen LogP contribution in [0.3, 0.4) is 0 Å². The smallest absolute Gasteiger partial charge is 0.303 e. The molecular weight excluding hydrogens is 496 g/mol. The van der Waals surface area contributed by atoms with Crippen LogP contribution in [-0.2, 0) is 42.9 Å². The fraction of sp³-hybridized carbons (Fsp3) is 0.679. The molecule has 0 amide bonds. The van der Waals surface area contributed by atoms with Gasteiger partial charge in [-0.05, 0) is 54.9 Å². The van der Waals surface area contributed by atoms with Crippen molar-refractivity contribution in [2.24, 2.45) is 16.7 Å². The fourth-order valence-electron chi connectivity index (χ4n) is 6.42. The molecule has 0 aromatic carbocycles. The minimum atomic E-state index is -1.39. The van der Waals surface area contributed by atoms with Gasteiger partial charge in [0.05, 0.1) is 11.5 Å². The maximum absolute atomic E-state index is 14.4. The molecule has 10 nitrogen and oxygen atoms in total. The van der Waals surface area contributed by atoms with Crippen LogP contribution in [0.25, 0.3) is 0 Å². The standard InChI is InChI=1S/C28H38O10/c1-13-21(35-14(2)29)10-19-22(36-15(3)30)9-18-12-28(8,23(11-20(18)33)37-16(4)31)26(34)25(38-17(5)32)24(13)27(19,6)7/h9,19-23,25,33H,10-12H2,1-8H3/b18-9+/t19-,20+,21+,22+,23+,25-,28+/m1/s1. The van der Waals surface area contributed by atoms with E-state index in [1.54, 1.807) is 19.9 Å². The maximum Gasteiger partial charge on any atom is 0.303 e. The SMILES string of the molecule is CC(=O)O[C@H]1C(=O)[C@@]2(C)C/C(=C\[C@H](OC(C)=O)[C@H]3C[C@H](OC(C)=O)C(C)=C1C3(C)C)[C@@H](O)C[C@@H]2OC(C)=O. The molecular formula is C28H38O10. The summed E-state index contributed by atoms with van der Waals surface area (Å²) in [7, 11) is 0. The Balaban J connectivity index is 2.38. The number of Topliss-reactive ketones (excluding diaryl/α,β-unsaturated/α-hetero) is 1. The Morgan fingerprint density at radius 1 is 0.868 bits per heavy atom. The maximum atomic E-state index is 14.4. The van der Waals surface area contributed by atoms with E-state index in [-0.39, 0.29) is 19.3 Å². The second-order valence-electron chi connectivity index (χ2n) is 11.4. The summed E-state index contributed by atoms with van der Waals surface area (Å²) < 4.78 is 22.7. The minimum absolute atomic E-state index is 0.00662. The van der Waals surface area contributed by atoms with Crippen LogP contribution in [0.5, 0.6) is 0 Å². The number of aliphatic hydroxyl groups excluding tert-OH is 1. The third-order valence-electron chi connectivity index (χ3n) is 8.18. The van der Waals surface area contributed by atoms with Crippen molar-refractivity contribution in [3.8, 4) is 0 Å². The van der Waals surface area contributed by atoms with E-state index in [4.69, 9.17) is 18.9 Å². The molecule has 1 N–H and O–H groups in total. The topological polar surface area (TPSA) is 143 Å². The van der Waals surface area contributed by atoms with Crippen LogP contribution in [0.4, 0.5) is 0 Å². The number of ketones is 1. The van der Waals surface area contributed by atoms with Gasteiger partial charge in [-0.1, -0.05) is 13.8 Å². The lowest BCUT2D eigenvalue weighted by Gasteiger charge is -2.51. The molecule has 1 saturated carbocycles. The Labute approximate surface area is 222 Å². The van der Waals surface area contributed by atoms with Crippen LogP contribution in [0.2, 0.25) is 0 Å². The Hall–Kier alpha value is -3.01. The van der Waals surface area contributed by atoms with E-state index < -0.39 is 76.9 Å². The molecule has 3 aliphatic carbocycles. The number of rotatable bonds is 4. The van der Waals surface area contributed by atoms with Gasteiger partial charge in [0.2, 0.25) is 0 Å². The van der Waals surface area contributed by atoms with Crippen LogP contribution in [0, 0.1) is 16.7 Å². The summed E-state index contributed by atoms with van der Waals surface area (Å²) in [5, 5.41) is 11.0. The zero-order chi connectivity index (χ0) is 28.7. The van der Waals surface area contributed by atoms with E-state index in [2.05, 4.69) is 0 Å². The first-order chi connectivity index (χ1) is 17.5. The predicted molar refractivity (Wildman–Crippen MR) is 133 cm³/mol. The quantitative estimate of drug-likeness (QED) is 0.325. The summed E-state index contributed by atoms with van der Waals surface area (Å²) >= 11 is 0. The molecule has 4 bridgehead atoms. The number of hydrogen-bond acceptors (Lipinski definition) is 10. The molecule has 3 aliphatic rings. The largest absolute Gasteiger partial charge is 0.461 e. The Morgan fingerprint density at radius 2 is 1.42 bits per heavy atom. The van der Waals surface area contributed by atoms with Crippen LogP contribution >= 0.6 is 0 Å². The first kappa shape index (κ1) is 29.5. The zero-order valence-corrected chi connectivity index (χ0v) is 23.3. The van der Waals surface area contributed by atoms with Gasteiger partial charge in [-0.3, -0.25) is 24.0 Å². The van der Waals surface area contributed by atoms with E-state index in [1.807, 2.05) is 13.8 Å². The van der Waals surface area contributed by atoms with Crippen molar-refractivity contribution in [2.75, 3.05) is 0 Å². The highest BCUT2D eigenvalue weighted by molar-refractivity contribution is 5.94. The molecule has 7 atom stereocenters. The van der Waals surface area contributed by atoms with E-state index in [1.165, 1.54) is 27.7 Å². The van der Waals surface area contributed by atoms with Gasteiger partial charge in [-0.25, -0.2) is 0 Å². The van der Waals surface area contributed by atoms with Crippen LogP contribution < -0.4 is 0 Å². The van der Waals surface area contributed by atoms with Crippen LogP contribution in [0.1, 0.15) is 74.7 Å². The van der Waals surface area contributed by atoms with Crippen molar-refractivity contribution in [2.45, 2.75) is 105 Å². The number of hydrogen-bond donors (Lipinski definition) is 1. The number of carbonyl (C=O) groups excluding carboxylic acids is 5. The molecule has 0 aliphatic heterocycles. The highest BCUT2D eigenvalue weighted by Crippen LogP contribution is 2.53. The lowest BCUT2D eigenvalue weighted by molar-refractivity contribution is -0.171. The number of ether oxygens (including phenoxy) is 4. The van der Waals surface area contributed by atoms with Gasteiger partial charge < -0.3 is 24.1 Å². The van der Waals surface area contributed by atoms with Gasteiger partial charge in [0.25, 0.3) is 0 Å². The van der Waals surface area contributed by atoms with Gasteiger partial charge in [0.1, 0.15) is 18.3 Å². The van der Waals surface area contributed by atoms with Crippen molar-refractivity contribution in [1.29, 1.82) is 0 Å². The molecule has 210 valence electrons. The first-order valence-corrected chi connectivity index (χ1v) is 12.8. The van der Waals surface area contributed by atoms with E-state index in [0.717, 1.165) is 0 Å². The monoisotopic (exact) mass is 534 g/mol. The van der Waals surface area contributed by atoms with E-state index in [0.29, 0.717) is 16.7 Å². The Morgan fingerprint density at radius 3 is 1.95 bits per heavy atom. The molecule has 0 aromatic rings. The Kier molecular flexibility index (Phi) is 8.27. The molecule has 0 spiro atoms. The Bertz CT molecular complexity index is 1100. The molecule has 0 heterocycles. The molecule has 1 fully saturated rings.